The topological polar surface area (TPSA) is 18.5 Å². The molecule has 36 valence electrons. The Morgan fingerprint density at radius 2 is 1.14 bits per heavy atom. The van der Waals surface area contributed by atoms with Gasteiger partial charge >= 0.3 is 37.7 Å². The van der Waals surface area contributed by atoms with Gasteiger partial charge in [-0.15, -0.1) is 0 Å². The van der Waals surface area contributed by atoms with Gasteiger partial charge in [0.2, 0.25) is 0 Å². The molecule has 7 heavy (non-hydrogen) atoms. The van der Waals surface area contributed by atoms with Crippen molar-refractivity contribution < 1.29 is 12.3 Å². The van der Waals surface area contributed by atoms with Crippen LogP contribution in [0.25, 0.3) is 0 Å². The van der Waals surface area contributed by atoms with Gasteiger partial charge < -0.3 is 12.3 Å². The molecular weight excluding hydrogens is 120 g/mol. The van der Waals surface area contributed by atoms with Crippen molar-refractivity contribution in [2.24, 2.45) is 0 Å². The Hall–Kier alpha value is 0.340. The zero-order valence-corrected chi connectivity index (χ0v) is 6.04. The minimum Gasteiger partial charge on any atom is -1.00 e. The Morgan fingerprint density at radius 1 is 0.857 bits per heavy atom. The number of rotatable bonds is 0. The smallest absolute Gasteiger partial charge is 1.00 e. The minimum absolute atomic E-state index is 0. The van der Waals surface area contributed by atoms with Gasteiger partial charge in [0.1, 0.15) is 25.0 Å². The van der Waals surface area contributed by atoms with Crippen LogP contribution in [0.3, 0.4) is 0 Å². The zero-order chi connectivity index (χ0) is 4.24. The molecule has 0 aromatic rings. The summed E-state index contributed by atoms with van der Waals surface area (Å²) < 4.78 is 9.17. The van der Waals surface area contributed by atoms with E-state index in [2.05, 4.69) is 9.47 Å². The van der Waals surface area contributed by atoms with E-state index in [0.717, 1.165) is 0 Å². The van der Waals surface area contributed by atoms with Crippen LogP contribution in [0.15, 0.2) is 25.0 Å². The molecule has 0 aromatic heterocycles. The molecule has 0 unspecified atom stereocenters. The first-order valence-electron chi connectivity index (χ1n) is 1.61. The van der Waals surface area contributed by atoms with E-state index < -0.39 is 0 Å². The van der Waals surface area contributed by atoms with Gasteiger partial charge in [0.15, 0.2) is 0 Å². The van der Waals surface area contributed by atoms with Crippen LogP contribution in [0.4, 0.5) is 0 Å². The van der Waals surface area contributed by atoms with Crippen LogP contribution in [-0.2, 0) is 9.47 Å². The first-order valence-corrected chi connectivity index (χ1v) is 1.61. The van der Waals surface area contributed by atoms with Crippen LogP contribution >= 0.6 is 0 Å². The maximum absolute atomic E-state index is 4.58. The molecule has 3 heteroatoms. The molecule has 1 aliphatic heterocycles. The third-order valence-electron chi connectivity index (χ3n) is 0.425. The van der Waals surface area contributed by atoms with E-state index in [9.17, 15) is 0 Å². The van der Waals surface area contributed by atoms with E-state index in [4.69, 9.17) is 0 Å². The van der Waals surface area contributed by atoms with Crippen LogP contribution in [0, 0.1) is 0 Å². The molecule has 0 saturated heterocycles. The van der Waals surface area contributed by atoms with Gasteiger partial charge in [-0.1, -0.05) is 0 Å². The van der Waals surface area contributed by atoms with Crippen molar-refractivity contribution in [1.29, 1.82) is 0 Å². The summed E-state index contributed by atoms with van der Waals surface area (Å²) in [6.45, 7) is 0. The van der Waals surface area contributed by atoms with Crippen LogP contribution in [0.1, 0.15) is 2.85 Å². The van der Waals surface area contributed by atoms with Gasteiger partial charge in [-0.25, -0.2) is 0 Å². The average molecular weight is 126 g/mol. The van der Waals surface area contributed by atoms with Crippen molar-refractivity contribution in [3.63, 3.8) is 0 Å². The number of hydrogen-bond acceptors (Lipinski definition) is 2. The molecule has 0 saturated carbocycles. The van der Waals surface area contributed by atoms with E-state index >= 15 is 0 Å². The maximum atomic E-state index is 4.58. The van der Waals surface area contributed by atoms with Gasteiger partial charge in [0, 0.05) is 0 Å². The molecule has 0 atom stereocenters. The van der Waals surface area contributed by atoms with E-state index in [-0.39, 0.29) is 40.6 Å². The fourth-order valence-corrected chi connectivity index (χ4v) is 0.219. The van der Waals surface area contributed by atoms with E-state index in [1.54, 1.807) is 0 Å². The average Bonchev–Trinajstić information content (AvgIpc) is 1.72. The predicted octanol–water partition coefficient (Wildman–Crippen LogP) is 0.820. The predicted molar refractivity (Wildman–Crippen MR) is 28.4 cm³/mol. The van der Waals surface area contributed by atoms with Crippen molar-refractivity contribution in [3.05, 3.63) is 25.0 Å². The van der Waals surface area contributed by atoms with Crippen LogP contribution in [-0.4, -0.2) is 37.7 Å². The Bertz CT molecular complexity index is 74.6. The van der Waals surface area contributed by atoms with E-state index in [0.29, 0.717) is 0 Å². The zero-order valence-electron chi connectivity index (χ0n) is 5.83. The number of hydrogen-bond donors (Lipinski definition) is 0. The van der Waals surface area contributed by atoms with Crippen molar-refractivity contribution in [2.45, 2.75) is 0 Å². The van der Waals surface area contributed by atoms with Crippen molar-refractivity contribution in [2.75, 3.05) is 0 Å². The van der Waals surface area contributed by atoms with Gasteiger partial charge in [-0.3, -0.25) is 0 Å². The SMILES string of the molecule is C1=COC=CO1.[Ca+2].[H-].[H-]. The van der Waals surface area contributed by atoms with E-state index in [1.165, 1.54) is 25.0 Å². The first kappa shape index (κ1) is 7.34. The second-order valence-corrected chi connectivity index (χ2v) is 0.816. The Morgan fingerprint density at radius 3 is 1.29 bits per heavy atom. The third-order valence-corrected chi connectivity index (χ3v) is 0.425. The molecule has 0 amide bonds. The summed E-state index contributed by atoms with van der Waals surface area (Å²) in [7, 11) is 0. The molecule has 0 fully saturated rings. The van der Waals surface area contributed by atoms with E-state index in [1.807, 2.05) is 0 Å². The minimum atomic E-state index is 0. The molecule has 0 N–H and O–H groups in total. The van der Waals surface area contributed by atoms with Crippen molar-refractivity contribution >= 4 is 37.7 Å². The summed E-state index contributed by atoms with van der Waals surface area (Å²) in [5, 5.41) is 0. The Labute approximate surface area is 74.8 Å². The Balaban J connectivity index is -0.000000120. The second kappa shape index (κ2) is 4.50. The fraction of sp³-hybridized carbons (Fsp3) is 0. The van der Waals surface area contributed by atoms with Crippen molar-refractivity contribution in [3.8, 4) is 0 Å². The molecule has 0 spiro atoms. The number of ether oxygens (including phenoxy) is 2. The molecule has 1 aliphatic rings. The summed E-state index contributed by atoms with van der Waals surface area (Å²) >= 11 is 0. The van der Waals surface area contributed by atoms with Crippen LogP contribution in [0.5, 0.6) is 0 Å². The van der Waals surface area contributed by atoms with Gasteiger partial charge in [-0.2, -0.15) is 0 Å². The first-order chi connectivity index (χ1) is 3.00. The van der Waals surface area contributed by atoms with Gasteiger partial charge in [-0.05, 0) is 0 Å². The molecule has 1 rings (SSSR count). The van der Waals surface area contributed by atoms with Crippen molar-refractivity contribution in [1.82, 2.24) is 0 Å². The normalized spacial score (nSPS) is 13.7. The largest absolute Gasteiger partial charge is 2.00 e. The molecule has 0 aliphatic carbocycles. The molecule has 0 aromatic carbocycles. The summed E-state index contributed by atoms with van der Waals surface area (Å²) in [6.07, 6.45) is 5.83. The van der Waals surface area contributed by atoms with Gasteiger partial charge in [0.25, 0.3) is 0 Å². The molecule has 1 heterocycles. The van der Waals surface area contributed by atoms with Gasteiger partial charge in [0.05, 0.1) is 0 Å². The third kappa shape index (κ3) is 2.97. The summed E-state index contributed by atoms with van der Waals surface area (Å²) in [5.74, 6) is 0. The summed E-state index contributed by atoms with van der Waals surface area (Å²) in [5.41, 5.74) is 0. The molecular formula is C4H6CaO2. The summed E-state index contributed by atoms with van der Waals surface area (Å²) in [6, 6.07) is 0. The fourth-order valence-electron chi connectivity index (χ4n) is 0.219. The molecule has 2 nitrogen and oxygen atoms in total. The summed E-state index contributed by atoms with van der Waals surface area (Å²) in [4.78, 5) is 0. The van der Waals surface area contributed by atoms with Crippen LogP contribution in [0.2, 0.25) is 0 Å². The maximum Gasteiger partial charge on any atom is 2.00 e. The monoisotopic (exact) mass is 126 g/mol. The van der Waals surface area contributed by atoms with Crippen LogP contribution < -0.4 is 0 Å². The molecule has 0 bridgehead atoms. The Kier molecular flexibility index (Phi) is 4.72. The quantitative estimate of drug-likeness (QED) is 0.447. The molecule has 0 radical (unpaired) electrons. The second-order valence-electron chi connectivity index (χ2n) is 0.816. The standard InChI is InChI=1S/C4H4O2.Ca.2H/c1-2-6-4-3-5-1;;;/h1-4H;;;/q;+2;2*-1.